The van der Waals surface area contributed by atoms with Crippen molar-refractivity contribution >= 4 is 33.2 Å². The summed E-state index contributed by atoms with van der Waals surface area (Å²) in [6.45, 7) is 2.29. The number of anilines is 1. The van der Waals surface area contributed by atoms with Crippen molar-refractivity contribution in [2.45, 2.75) is 24.4 Å². The molecule has 0 saturated heterocycles. The van der Waals surface area contributed by atoms with Gasteiger partial charge in [-0.05, 0) is 43.3 Å². The van der Waals surface area contributed by atoms with Crippen LogP contribution in [0.25, 0.3) is 0 Å². The molecule has 4 rings (SSSR count). The minimum Gasteiger partial charge on any atom is -0.497 e. The van der Waals surface area contributed by atoms with Crippen molar-refractivity contribution in [1.82, 2.24) is 9.88 Å². The van der Waals surface area contributed by atoms with Crippen LogP contribution in [-0.2, 0) is 16.6 Å². The zero-order valence-electron chi connectivity index (χ0n) is 20.6. The number of fused-ring (bicyclic) bond motifs is 1. The molecule has 12 heteroatoms. The van der Waals surface area contributed by atoms with Crippen molar-refractivity contribution in [2.24, 2.45) is 0 Å². The van der Waals surface area contributed by atoms with Crippen molar-refractivity contribution in [2.75, 3.05) is 32.7 Å². The lowest BCUT2D eigenvalue weighted by molar-refractivity contribution is 0.0655. The van der Waals surface area contributed by atoms with E-state index < -0.39 is 10.0 Å². The molecule has 0 bridgehead atoms. The van der Waals surface area contributed by atoms with Gasteiger partial charge in [0.15, 0.2) is 0 Å². The summed E-state index contributed by atoms with van der Waals surface area (Å²) in [6, 6.07) is 10.7. The molecule has 1 aromatic heterocycles. The van der Waals surface area contributed by atoms with Gasteiger partial charge in [0.1, 0.15) is 34.3 Å². The highest BCUT2D eigenvalue weighted by Crippen LogP contribution is 2.32. The molecule has 0 radical (unpaired) electrons. The number of ether oxygens (including phenoxy) is 4. The minimum atomic E-state index is -4.11. The number of nitrogens with one attached hydrogen (secondary N) is 1. The fourth-order valence-electron chi connectivity index (χ4n) is 3.88. The molecule has 196 valence electrons. The lowest BCUT2D eigenvalue weighted by Gasteiger charge is -2.27. The molecule has 1 atom stereocenters. The Morgan fingerprint density at radius 3 is 2.54 bits per heavy atom. The number of amides is 1. The van der Waals surface area contributed by atoms with Crippen LogP contribution in [0.5, 0.6) is 23.1 Å². The average Bonchev–Trinajstić information content (AvgIpc) is 3.00. The highest BCUT2D eigenvalue weighted by atomic mass is 35.5. The van der Waals surface area contributed by atoms with Crippen molar-refractivity contribution in [3.63, 3.8) is 0 Å². The van der Waals surface area contributed by atoms with Crippen molar-refractivity contribution in [3.05, 3.63) is 64.8 Å². The highest BCUT2D eigenvalue weighted by molar-refractivity contribution is 7.92. The maximum Gasteiger partial charge on any atom is 0.265 e. The first-order valence-electron chi connectivity index (χ1n) is 11.2. The van der Waals surface area contributed by atoms with E-state index >= 15 is 0 Å². The Morgan fingerprint density at radius 1 is 1.08 bits per heavy atom. The molecule has 0 fully saturated rings. The third-order valence-corrected chi connectivity index (χ3v) is 7.48. The number of pyridine rings is 1. The first kappa shape index (κ1) is 26.4. The van der Waals surface area contributed by atoms with Gasteiger partial charge < -0.3 is 23.8 Å². The van der Waals surface area contributed by atoms with E-state index in [-0.39, 0.29) is 57.9 Å². The average molecular weight is 548 g/mol. The number of halogens is 1. The first-order chi connectivity index (χ1) is 17.7. The molecular weight excluding hydrogens is 522 g/mol. The van der Waals surface area contributed by atoms with Crippen LogP contribution in [0.1, 0.15) is 22.8 Å². The third-order valence-electron chi connectivity index (χ3n) is 5.84. The SMILES string of the molecule is COc1ccc(CN2C(=O)c3cc(NS(=O)(=O)c4cc(Cl)ccc4OC)cnc3OC[C@@H]2C)c(OC)c1. The monoisotopic (exact) mass is 547 g/mol. The van der Waals surface area contributed by atoms with Crippen LogP contribution < -0.4 is 23.7 Å². The quantitative estimate of drug-likeness (QED) is 0.450. The van der Waals surface area contributed by atoms with Crippen molar-refractivity contribution in [1.29, 1.82) is 0 Å². The van der Waals surface area contributed by atoms with Crippen LogP contribution in [-0.4, -0.2) is 58.2 Å². The largest absolute Gasteiger partial charge is 0.497 e. The van der Waals surface area contributed by atoms with Gasteiger partial charge in [-0.2, -0.15) is 0 Å². The van der Waals surface area contributed by atoms with Gasteiger partial charge in [-0.15, -0.1) is 0 Å². The van der Waals surface area contributed by atoms with Gasteiger partial charge in [0.25, 0.3) is 15.9 Å². The second-order valence-corrected chi connectivity index (χ2v) is 10.3. The normalized spacial score (nSPS) is 15.3. The van der Waals surface area contributed by atoms with Crippen molar-refractivity contribution in [3.8, 4) is 23.1 Å². The summed E-state index contributed by atoms with van der Waals surface area (Å²) in [7, 11) is 0.346. The lowest BCUT2D eigenvalue weighted by Crippen LogP contribution is -2.39. The van der Waals surface area contributed by atoms with E-state index in [4.69, 9.17) is 30.5 Å². The number of benzene rings is 2. The Morgan fingerprint density at radius 2 is 1.84 bits per heavy atom. The number of rotatable bonds is 8. The molecule has 10 nitrogen and oxygen atoms in total. The molecule has 2 heterocycles. The van der Waals surface area contributed by atoms with Gasteiger partial charge in [0.05, 0.1) is 45.8 Å². The summed E-state index contributed by atoms with van der Waals surface area (Å²) in [6.07, 6.45) is 1.29. The second kappa shape index (κ2) is 10.7. The molecule has 2 aromatic carbocycles. The van der Waals surface area contributed by atoms with Gasteiger partial charge >= 0.3 is 0 Å². The number of methoxy groups -OCH3 is 3. The Labute approximate surface area is 220 Å². The summed E-state index contributed by atoms with van der Waals surface area (Å²) in [5.74, 6) is 1.06. The van der Waals surface area contributed by atoms with Crippen LogP contribution in [0.2, 0.25) is 5.02 Å². The highest BCUT2D eigenvalue weighted by Gasteiger charge is 2.31. The molecule has 3 aromatic rings. The van der Waals surface area contributed by atoms with E-state index in [1.165, 1.54) is 37.6 Å². The van der Waals surface area contributed by atoms with Gasteiger partial charge in [-0.25, -0.2) is 13.4 Å². The Hall–Kier alpha value is -3.70. The fourth-order valence-corrected chi connectivity index (χ4v) is 5.35. The molecule has 1 aliphatic heterocycles. The predicted octanol–water partition coefficient (Wildman–Crippen LogP) is 3.98. The molecule has 37 heavy (non-hydrogen) atoms. The maximum absolute atomic E-state index is 13.6. The fraction of sp³-hybridized carbons (Fsp3) is 0.280. The number of hydrogen-bond acceptors (Lipinski definition) is 8. The minimum absolute atomic E-state index is 0.0780. The van der Waals surface area contributed by atoms with Crippen LogP contribution in [0.15, 0.2) is 53.6 Å². The smallest absolute Gasteiger partial charge is 0.265 e. The molecule has 0 saturated carbocycles. The number of hydrogen-bond donors (Lipinski definition) is 1. The number of aromatic nitrogens is 1. The zero-order chi connectivity index (χ0) is 26.7. The Balaban J connectivity index is 1.66. The first-order valence-corrected chi connectivity index (χ1v) is 13.0. The predicted molar refractivity (Wildman–Crippen MR) is 137 cm³/mol. The van der Waals surface area contributed by atoms with Crippen LogP contribution in [0.3, 0.4) is 0 Å². The number of sulfonamides is 1. The number of carbonyl (C=O) groups is 1. The molecular formula is C25H26ClN3O7S. The van der Waals surface area contributed by atoms with Gasteiger partial charge in [0.2, 0.25) is 5.88 Å². The maximum atomic E-state index is 13.6. The van der Waals surface area contributed by atoms with E-state index in [0.717, 1.165) is 5.56 Å². The molecule has 0 aliphatic carbocycles. The van der Waals surface area contributed by atoms with E-state index in [0.29, 0.717) is 11.5 Å². The topological polar surface area (TPSA) is 116 Å². The summed E-state index contributed by atoms with van der Waals surface area (Å²) in [5, 5.41) is 0.225. The summed E-state index contributed by atoms with van der Waals surface area (Å²) < 4.78 is 50.3. The summed E-state index contributed by atoms with van der Waals surface area (Å²) in [4.78, 5) is 19.3. The Bertz CT molecular complexity index is 1430. The van der Waals surface area contributed by atoms with Gasteiger partial charge in [-0.1, -0.05) is 11.6 Å². The van der Waals surface area contributed by atoms with E-state index in [2.05, 4.69) is 9.71 Å². The van der Waals surface area contributed by atoms with E-state index in [1.807, 2.05) is 13.0 Å². The lowest BCUT2D eigenvalue weighted by atomic mass is 10.1. The molecule has 0 spiro atoms. The second-order valence-electron chi connectivity index (χ2n) is 8.25. The van der Waals surface area contributed by atoms with Crippen LogP contribution >= 0.6 is 11.6 Å². The summed E-state index contributed by atoms with van der Waals surface area (Å²) >= 11 is 6.01. The molecule has 0 unspecified atom stereocenters. The molecule has 1 N–H and O–H groups in total. The van der Waals surface area contributed by atoms with Gasteiger partial charge in [0, 0.05) is 16.7 Å². The molecule has 1 aliphatic rings. The Kier molecular flexibility index (Phi) is 7.65. The van der Waals surface area contributed by atoms with E-state index in [1.54, 1.807) is 31.3 Å². The summed E-state index contributed by atoms with van der Waals surface area (Å²) in [5.41, 5.74) is 0.967. The number of carbonyl (C=O) groups excluding carboxylic acids is 1. The van der Waals surface area contributed by atoms with Crippen LogP contribution in [0.4, 0.5) is 5.69 Å². The van der Waals surface area contributed by atoms with Crippen molar-refractivity contribution < 1.29 is 32.2 Å². The standard InChI is InChI=1S/C25H26ClN3O7S/c1-15-14-36-24-20(25(30)29(15)13-16-5-7-19(33-2)11-22(16)35-4)10-18(12-27-24)28-37(31,32)23-9-17(26)6-8-21(23)34-3/h5-12,15,28H,13-14H2,1-4H3/t15-/m0/s1. The van der Waals surface area contributed by atoms with E-state index in [9.17, 15) is 13.2 Å². The molecule has 1 amide bonds. The zero-order valence-corrected chi connectivity index (χ0v) is 22.2. The van der Waals surface area contributed by atoms with Crippen LogP contribution in [0, 0.1) is 0 Å². The third kappa shape index (κ3) is 5.52. The van der Waals surface area contributed by atoms with Gasteiger partial charge in [-0.3, -0.25) is 9.52 Å². The number of nitrogens with zero attached hydrogens (tertiary/aromatic N) is 2.